The Bertz CT molecular complexity index is 493. The highest BCUT2D eigenvalue weighted by atomic mass is 16.5. The van der Waals surface area contributed by atoms with Crippen molar-refractivity contribution in [2.45, 2.75) is 32.4 Å². The van der Waals surface area contributed by atoms with E-state index >= 15 is 0 Å². The van der Waals surface area contributed by atoms with Crippen LogP contribution in [0.2, 0.25) is 0 Å². The molecule has 2 aliphatic rings. The zero-order valence-corrected chi connectivity index (χ0v) is 14.6. The number of hydrogen-bond acceptors (Lipinski definition) is 4. The molecule has 2 saturated heterocycles. The minimum atomic E-state index is 0.0551. The summed E-state index contributed by atoms with van der Waals surface area (Å²) in [6, 6.07) is 2.02. The number of urea groups is 1. The Morgan fingerprint density at radius 3 is 2.71 bits per heavy atom. The zero-order chi connectivity index (χ0) is 16.8. The fraction of sp³-hybridized carbons (Fsp3) is 0.765. The number of morpholine rings is 1. The molecule has 2 amide bonds. The summed E-state index contributed by atoms with van der Waals surface area (Å²) in [5.41, 5.74) is 0. The van der Waals surface area contributed by atoms with Crippen molar-refractivity contribution in [2.75, 3.05) is 45.9 Å². The van der Waals surface area contributed by atoms with Crippen LogP contribution in [0.1, 0.15) is 19.8 Å². The molecule has 0 unspecified atom stereocenters. The number of ether oxygens (including phenoxy) is 1. The maximum absolute atomic E-state index is 12.4. The summed E-state index contributed by atoms with van der Waals surface area (Å²) in [6.45, 7) is 9.39. The third kappa shape index (κ3) is 4.95. The Hall–Kier alpha value is -1.60. The number of piperidine rings is 1. The van der Waals surface area contributed by atoms with Gasteiger partial charge in [-0.15, -0.1) is 0 Å². The van der Waals surface area contributed by atoms with E-state index in [4.69, 9.17) is 4.74 Å². The van der Waals surface area contributed by atoms with Crippen molar-refractivity contribution in [3.05, 3.63) is 18.5 Å². The largest absolute Gasteiger partial charge is 0.379 e. The van der Waals surface area contributed by atoms with E-state index in [2.05, 4.69) is 15.3 Å². The molecule has 0 aliphatic carbocycles. The second-order valence-electron chi connectivity index (χ2n) is 6.92. The lowest BCUT2D eigenvalue weighted by Gasteiger charge is -2.36. The standard InChI is InChI=1S/C17H29N5O2/c1-15(13-22-6-2-5-18-22)19-17(23)21-7-3-16(4-8-21)14-20-9-11-24-12-10-20/h2,5-6,15-16H,3-4,7-14H2,1H3,(H,19,23)/t15-/m1/s1. The number of carbonyl (C=O) groups is 1. The van der Waals surface area contributed by atoms with E-state index in [0.717, 1.165) is 58.8 Å². The highest BCUT2D eigenvalue weighted by Gasteiger charge is 2.25. The Kier molecular flexibility index (Phi) is 6.09. The molecule has 3 heterocycles. The number of carbonyl (C=O) groups excluding carboxylic acids is 1. The van der Waals surface area contributed by atoms with Gasteiger partial charge in [-0.25, -0.2) is 4.79 Å². The number of hydrogen-bond donors (Lipinski definition) is 1. The minimum Gasteiger partial charge on any atom is -0.379 e. The number of likely N-dealkylation sites (tertiary alicyclic amines) is 1. The lowest BCUT2D eigenvalue weighted by Crippen LogP contribution is -2.49. The highest BCUT2D eigenvalue weighted by molar-refractivity contribution is 5.74. The smallest absolute Gasteiger partial charge is 0.317 e. The average Bonchev–Trinajstić information content (AvgIpc) is 3.09. The van der Waals surface area contributed by atoms with E-state index in [9.17, 15) is 4.79 Å². The fourth-order valence-electron chi connectivity index (χ4n) is 3.50. The molecule has 1 N–H and O–H groups in total. The molecular weight excluding hydrogens is 306 g/mol. The Morgan fingerprint density at radius 2 is 2.04 bits per heavy atom. The molecule has 1 atom stereocenters. The van der Waals surface area contributed by atoms with Crippen molar-refractivity contribution in [1.82, 2.24) is 24.9 Å². The normalized spacial score (nSPS) is 21.6. The van der Waals surface area contributed by atoms with Crippen molar-refractivity contribution in [3.63, 3.8) is 0 Å². The minimum absolute atomic E-state index is 0.0551. The maximum Gasteiger partial charge on any atom is 0.317 e. The molecule has 0 saturated carbocycles. The lowest BCUT2D eigenvalue weighted by molar-refractivity contribution is 0.0258. The van der Waals surface area contributed by atoms with E-state index in [-0.39, 0.29) is 12.1 Å². The van der Waals surface area contributed by atoms with Crippen LogP contribution in [0.15, 0.2) is 18.5 Å². The molecule has 0 bridgehead atoms. The van der Waals surface area contributed by atoms with E-state index in [0.29, 0.717) is 12.5 Å². The second-order valence-corrected chi connectivity index (χ2v) is 6.92. The van der Waals surface area contributed by atoms with Crippen molar-refractivity contribution in [3.8, 4) is 0 Å². The van der Waals surface area contributed by atoms with Crippen molar-refractivity contribution in [2.24, 2.45) is 5.92 Å². The quantitative estimate of drug-likeness (QED) is 0.873. The third-order valence-corrected chi connectivity index (χ3v) is 4.91. The van der Waals surface area contributed by atoms with Gasteiger partial charge in [-0.2, -0.15) is 5.10 Å². The number of rotatable bonds is 5. The second kappa shape index (κ2) is 8.48. The van der Waals surface area contributed by atoms with Gasteiger partial charge in [0.2, 0.25) is 0 Å². The molecule has 0 aromatic carbocycles. The summed E-state index contributed by atoms with van der Waals surface area (Å²) >= 11 is 0. The van der Waals surface area contributed by atoms with Gasteiger partial charge in [-0.1, -0.05) is 0 Å². The molecule has 2 fully saturated rings. The Morgan fingerprint density at radius 1 is 1.29 bits per heavy atom. The first-order valence-electron chi connectivity index (χ1n) is 9.03. The van der Waals surface area contributed by atoms with Crippen LogP contribution < -0.4 is 5.32 Å². The average molecular weight is 335 g/mol. The van der Waals surface area contributed by atoms with E-state index in [1.54, 1.807) is 6.20 Å². The SMILES string of the molecule is C[C@H](Cn1cccn1)NC(=O)N1CCC(CN2CCOCC2)CC1. The predicted molar refractivity (Wildman–Crippen MR) is 91.8 cm³/mol. The molecule has 1 aromatic rings. The number of aromatic nitrogens is 2. The third-order valence-electron chi connectivity index (χ3n) is 4.91. The van der Waals surface area contributed by atoms with Crippen molar-refractivity contribution >= 4 is 6.03 Å². The maximum atomic E-state index is 12.4. The molecular formula is C17H29N5O2. The van der Waals surface area contributed by atoms with Gasteiger partial charge in [0.1, 0.15) is 0 Å². The summed E-state index contributed by atoms with van der Waals surface area (Å²) in [5, 5.41) is 7.26. The van der Waals surface area contributed by atoms with Crippen molar-refractivity contribution < 1.29 is 9.53 Å². The van der Waals surface area contributed by atoms with Gasteiger partial charge in [-0.05, 0) is 31.7 Å². The highest BCUT2D eigenvalue weighted by Crippen LogP contribution is 2.19. The van der Waals surface area contributed by atoms with Gasteiger partial charge in [0.15, 0.2) is 0 Å². The van der Waals surface area contributed by atoms with Crippen LogP contribution in [0, 0.1) is 5.92 Å². The van der Waals surface area contributed by atoms with E-state index in [1.807, 2.05) is 28.8 Å². The van der Waals surface area contributed by atoms with Crippen molar-refractivity contribution in [1.29, 1.82) is 0 Å². The van der Waals surface area contributed by atoms with Gasteiger partial charge in [-0.3, -0.25) is 9.58 Å². The molecule has 2 aliphatic heterocycles. The number of amides is 2. The first-order chi connectivity index (χ1) is 11.7. The Balaban J connectivity index is 1.36. The molecule has 7 heteroatoms. The van der Waals surface area contributed by atoms with Gasteiger partial charge < -0.3 is 15.0 Å². The van der Waals surface area contributed by atoms with Gasteiger partial charge in [0, 0.05) is 51.2 Å². The van der Waals surface area contributed by atoms with Gasteiger partial charge in [0.05, 0.1) is 19.8 Å². The van der Waals surface area contributed by atoms with Crippen LogP contribution in [0.4, 0.5) is 4.79 Å². The predicted octanol–water partition coefficient (Wildman–Crippen LogP) is 1.03. The number of nitrogens with one attached hydrogen (secondary N) is 1. The van der Waals surface area contributed by atoms with Gasteiger partial charge in [0.25, 0.3) is 0 Å². The fourth-order valence-corrected chi connectivity index (χ4v) is 3.50. The van der Waals surface area contributed by atoms with Crippen LogP contribution >= 0.6 is 0 Å². The van der Waals surface area contributed by atoms with Crippen LogP contribution in [-0.2, 0) is 11.3 Å². The molecule has 0 spiro atoms. The van der Waals surface area contributed by atoms with Crippen LogP contribution in [0.5, 0.6) is 0 Å². The summed E-state index contributed by atoms with van der Waals surface area (Å²) in [6.07, 6.45) is 5.87. The first kappa shape index (κ1) is 17.2. The van der Waals surface area contributed by atoms with E-state index in [1.165, 1.54) is 0 Å². The van der Waals surface area contributed by atoms with Gasteiger partial charge >= 0.3 is 6.03 Å². The lowest BCUT2D eigenvalue weighted by atomic mass is 9.96. The zero-order valence-electron chi connectivity index (χ0n) is 14.6. The van der Waals surface area contributed by atoms with E-state index < -0.39 is 0 Å². The first-order valence-corrected chi connectivity index (χ1v) is 9.03. The summed E-state index contributed by atoms with van der Waals surface area (Å²) in [7, 11) is 0. The number of nitrogens with zero attached hydrogens (tertiary/aromatic N) is 4. The molecule has 3 rings (SSSR count). The van der Waals surface area contributed by atoms with Crippen LogP contribution in [0.3, 0.4) is 0 Å². The molecule has 24 heavy (non-hydrogen) atoms. The topological polar surface area (TPSA) is 62.6 Å². The summed E-state index contributed by atoms with van der Waals surface area (Å²) < 4.78 is 7.25. The van der Waals surface area contributed by atoms with Crippen LogP contribution in [0.25, 0.3) is 0 Å². The molecule has 0 radical (unpaired) electrons. The van der Waals surface area contributed by atoms with Crippen LogP contribution in [-0.4, -0.2) is 77.6 Å². The summed E-state index contributed by atoms with van der Waals surface area (Å²) in [5.74, 6) is 0.702. The monoisotopic (exact) mass is 335 g/mol. The summed E-state index contributed by atoms with van der Waals surface area (Å²) in [4.78, 5) is 16.8. The Labute approximate surface area is 143 Å². The molecule has 7 nitrogen and oxygen atoms in total. The molecule has 1 aromatic heterocycles. The molecule has 134 valence electrons.